The van der Waals surface area contributed by atoms with Gasteiger partial charge in [-0.25, -0.2) is 0 Å². The Bertz CT molecular complexity index is 536. The van der Waals surface area contributed by atoms with Crippen LogP contribution in [0.2, 0.25) is 0 Å². The first-order valence-corrected chi connectivity index (χ1v) is 5.23. The van der Waals surface area contributed by atoms with Crippen LogP contribution < -0.4 is 0 Å². The van der Waals surface area contributed by atoms with Crippen molar-refractivity contribution in [3.8, 4) is 0 Å². The average Bonchev–Trinajstić information content (AvgIpc) is 2.59. The number of benzene rings is 1. The fraction of sp³-hybridized carbons (Fsp3) is 0.0909. The zero-order valence-electron chi connectivity index (χ0n) is 7.36. The molecule has 0 atom stereocenters. The molecular formula is C11H7NOS. The third-order valence-electron chi connectivity index (χ3n) is 2.36. The second-order valence-electron chi connectivity index (χ2n) is 3.28. The molecule has 1 aliphatic rings. The zero-order chi connectivity index (χ0) is 9.54. The Morgan fingerprint density at radius 1 is 1.29 bits per heavy atom. The molecule has 0 N–H and O–H groups in total. The number of nitrogens with zero attached hydrogens (tertiary/aromatic N) is 1. The maximum absolute atomic E-state index is 11.3. The number of hydrogen-bond acceptors (Lipinski definition) is 3. The quantitative estimate of drug-likeness (QED) is 0.655. The molecule has 0 bridgehead atoms. The molecule has 0 saturated heterocycles. The smallest absolute Gasteiger partial charge is 0.198 e. The van der Waals surface area contributed by atoms with Crippen molar-refractivity contribution in [2.24, 2.45) is 0 Å². The lowest BCUT2D eigenvalue weighted by Crippen LogP contribution is -1.86. The van der Waals surface area contributed by atoms with Gasteiger partial charge in [0.2, 0.25) is 0 Å². The molecule has 0 saturated carbocycles. The van der Waals surface area contributed by atoms with Gasteiger partial charge in [-0.3, -0.25) is 9.78 Å². The van der Waals surface area contributed by atoms with E-state index in [0.29, 0.717) is 6.42 Å². The number of pyridine rings is 1. The Hall–Kier alpha value is -1.35. The van der Waals surface area contributed by atoms with E-state index in [9.17, 15) is 4.79 Å². The highest BCUT2D eigenvalue weighted by molar-refractivity contribution is 8.14. The minimum atomic E-state index is 0.221. The monoisotopic (exact) mass is 201 g/mol. The van der Waals surface area contributed by atoms with Crippen LogP contribution in [-0.4, -0.2) is 10.1 Å². The molecule has 0 aliphatic carbocycles. The number of aromatic nitrogens is 1. The van der Waals surface area contributed by atoms with Crippen molar-refractivity contribution in [1.29, 1.82) is 0 Å². The number of carbonyl (C=O) groups excluding carboxylic acids is 1. The van der Waals surface area contributed by atoms with Crippen LogP contribution in [0.1, 0.15) is 5.56 Å². The Labute approximate surface area is 85.3 Å². The Kier molecular flexibility index (Phi) is 1.61. The van der Waals surface area contributed by atoms with Crippen molar-refractivity contribution >= 4 is 27.8 Å². The van der Waals surface area contributed by atoms with Gasteiger partial charge in [-0.2, -0.15) is 0 Å². The van der Waals surface area contributed by atoms with Crippen LogP contribution in [0, 0.1) is 0 Å². The lowest BCUT2D eigenvalue weighted by Gasteiger charge is -2.01. The highest BCUT2D eigenvalue weighted by atomic mass is 32.2. The summed E-state index contributed by atoms with van der Waals surface area (Å²) in [5, 5.41) is 1.33. The van der Waals surface area contributed by atoms with Gasteiger partial charge in [0.1, 0.15) is 0 Å². The van der Waals surface area contributed by atoms with E-state index in [1.165, 1.54) is 11.8 Å². The summed E-state index contributed by atoms with van der Waals surface area (Å²) in [7, 11) is 0. The fourth-order valence-electron chi connectivity index (χ4n) is 1.72. The zero-order valence-corrected chi connectivity index (χ0v) is 8.17. The summed E-state index contributed by atoms with van der Waals surface area (Å²) in [6, 6.07) is 7.99. The Morgan fingerprint density at radius 2 is 2.21 bits per heavy atom. The molecule has 2 aromatic rings. The van der Waals surface area contributed by atoms with Gasteiger partial charge in [0, 0.05) is 22.9 Å². The maximum atomic E-state index is 11.3. The van der Waals surface area contributed by atoms with Crippen molar-refractivity contribution in [3.63, 3.8) is 0 Å². The van der Waals surface area contributed by atoms with Gasteiger partial charge in [-0.1, -0.05) is 18.2 Å². The number of fused-ring (bicyclic) bond motifs is 3. The molecule has 0 radical (unpaired) electrons. The molecule has 2 nitrogen and oxygen atoms in total. The van der Waals surface area contributed by atoms with Crippen molar-refractivity contribution in [2.45, 2.75) is 11.3 Å². The van der Waals surface area contributed by atoms with E-state index < -0.39 is 0 Å². The third kappa shape index (κ3) is 1.06. The molecule has 68 valence electrons. The van der Waals surface area contributed by atoms with Crippen LogP contribution in [0.4, 0.5) is 0 Å². The number of thioether (sulfide) groups is 1. The van der Waals surface area contributed by atoms with Crippen LogP contribution in [0.5, 0.6) is 0 Å². The Morgan fingerprint density at radius 3 is 3.14 bits per heavy atom. The van der Waals surface area contributed by atoms with E-state index in [4.69, 9.17) is 0 Å². The lowest BCUT2D eigenvalue weighted by molar-refractivity contribution is -0.110. The highest BCUT2D eigenvalue weighted by Crippen LogP contribution is 2.37. The molecular weight excluding hydrogens is 194 g/mol. The predicted octanol–water partition coefficient (Wildman–Crippen LogP) is 2.41. The van der Waals surface area contributed by atoms with Gasteiger partial charge in [-0.05, 0) is 23.4 Å². The molecule has 1 aliphatic heterocycles. The minimum absolute atomic E-state index is 0.221. The summed E-state index contributed by atoms with van der Waals surface area (Å²) in [5.41, 5.74) is 2.08. The van der Waals surface area contributed by atoms with Crippen molar-refractivity contribution in [3.05, 3.63) is 36.0 Å². The molecule has 0 unspecified atom stereocenters. The van der Waals surface area contributed by atoms with Crippen LogP contribution >= 0.6 is 11.8 Å². The summed E-state index contributed by atoms with van der Waals surface area (Å²) in [6.07, 6.45) is 2.32. The average molecular weight is 201 g/mol. The van der Waals surface area contributed by atoms with Gasteiger partial charge < -0.3 is 0 Å². The summed E-state index contributed by atoms with van der Waals surface area (Å²) in [4.78, 5) is 16.6. The summed E-state index contributed by atoms with van der Waals surface area (Å²) < 4.78 is 0. The standard InChI is InChI=1S/C11H7NOS/c13-9-6-8-4-3-7-2-1-5-12-10(7)11(8)14-9/h1-5H,6H2. The maximum Gasteiger partial charge on any atom is 0.198 e. The molecule has 0 fully saturated rings. The largest absolute Gasteiger partial charge is 0.286 e. The van der Waals surface area contributed by atoms with Crippen molar-refractivity contribution in [1.82, 2.24) is 4.98 Å². The first kappa shape index (κ1) is 8.00. The SMILES string of the molecule is O=C1Cc2ccc3cccnc3c2S1. The second kappa shape index (κ2) is 2.82. The molecule has 3 rings (SSSR count). The van der Waals surface area contributed by atoms with Crippen LogP contribution in [0.15, 0.2) is 35.4 Å². The van der Waals surface area contributed by atoms with Gasteiger partial charge in [0.05, 0.1) is 5.52 Å². The van der Waals surface area contributed by atoms with Gasteiger partial charge >= 0.3 is 0 Å². The van der Waals surface area contributed by atoms with E-state index >= 15 is 0 Å². The second-order valence-corrected chi connectivity index (χ2v) is 4.35. The van der Waals surface area contributed by atoms with E-state index in [2.05, 4.69) is 4.98 Å². The number of rotatable bonds is 0. The molecule has 14 heavy (non-hydrogen) atoms. The Balaban J connectivity index is 2.39. The molecule has 0 spiro atoms. The van der Waals surface area contributed by atoms with Crippen LogP contribution in [-0.2, 0) is 11.2 Å². The molecule has 0 amide bonds. The first-order chi connectivity index (χ1) is 6.84. The van der Waals surface area contributed by atoms with Gasteiger partial charge in [0.25, 0.3) is 0 Å². The molecule has 1 aromatic carbocycles. The van der Waals surface area contributed by atoms with Crippen LogP contribution in [0.3, 0.4) is 0 Å². The van der Waals surface area contributed by atoms with Crippen molar-refractivity contribution in [2.75, 3.05) is 0 Å². The predicted molar refractivity (Wildman–Crippen MR) is 56.3 cm³/mol. The molecule has 2 heterocycles. The third-order valence-corrected chi connectivity index (χ3v) is 3.39. The van der Waals surface area contributed by atoms with E-state index in [1.54, 1.807) is 6.20 Å². The molecule has 1 aromatic heterocycles. The fourth-order valence-corrected chi connectivity index (χ4v) is 2.71. The summed E-state index contributed by atoms with van der Waals surface area (Å²) >= 11 is 1.32. The molecule has 3 heteroatoms. The normalized spacial score (nSPS) is 14.7. The number of hydrogen-bond donors (Lipinski definition) is 0. The minimum Gasteiger partial charge on any atom is -0.286 e. The van der Waals surface area contributed by atoms with Crippen LogP contribution in [0.25, 0.3) is 10.9 Å². The topological polar surface area (TPSA) is 30.0 Å². The number of carbonyl (C=O) groups is 1. The van der Waals surface area contributed by atoms with Crippen molar-refractivity contribution < 1.29 is 4.79 Å². The summed E-state index contributed by atoms with van der Waals surface area (Å²) in [6.45, 7) is 0. The first-order valence-electron chi connectivity index (χ1n) is 4.42. The highest BCUT2D eigenvalue weighted by Gasteiger charge is 2.21. The lowest BCUT2D eigenvalue weighted by atomic mass is 10.1. The van der Waals surface area contributed by atoms with E-state index in [-0.39, 0.29) is 5.12 Å². The summed E-state index contributed by atoms with van der Waals surface area (Å²) in [5.74, 6) is 0. The van der Waals surface area contributed by atoms with Gasteiger partial charge in [-0.15, -0.1) is 0 Å². The van der Waals surface area contributed by atoms with E-state index in [1.807, 2.05) is 24.3 Å². The van der Waals surface area contributed by atoms with Gasteiger partial charge in [0.15, 0.2) is 5.12 Å². The van der Waals surface area contributed by atoms with E-state index in [0.717, 1.165) is 21.4 Å².